The number of methoxy groups -OCH3 is 1. The summed E-state index contributed by atoms with van der Waals surface area (Å²) >= 11 is 1.27. The van der Waals surface area contributed by atoms with Crippen LogP contribution in [-0.2, 0) is 9.53 Å². The number of benzene rings is 2. The van der Waals surface area contributed by atoms with Crippen LogP contribution >= 0.6 is 11.3 Å². The Hall–Kier alpha value is -3.85. The molecule has 1 aliphatic rings. The zero-order valence-electron chi connectivity index (χ0n) is 23.1. The van der Waals surface area contributed by atoms with Crippen molar-refractivity contribution in [2.24, 2.45) is 10.9 Å². The van der Waals surface area contributed by atoms with E-state index < -0.39 is 12.0 Å². The zero-order chi connectivity index (χ0) is 28.1. The van der Waals surface area contributed by atoms with Gasteiger partial charge in [-0.1, -0.05) is 49.4 Å². The first-order valence-corrected chi connectivity index (χ1v) is 13.8. The number of thiazole rings is 1. The van der Waals surface area contributed by atoms with Gasteiger partial charge in [0.25, 0.3) is 5.56 Å². The minimum absolute atomic E-state index is 0.195. The van der Waals surface area contributed by atoms with Crippen molar-refractivity contribution in [2.45, 2.75) is 40.7 Å². The molecule has 4 rings (SSSR count). The highest BCUT2D eigenvalue weighted by atomic mass is 32.1. The smallest absolute Gasteiger partial charge is 0.338 e. The normalized spacial score (nSPS) is 15.2. The fraction of sp³-hybridized carbons (Fsp3) is 0.367. The molecule has 8 nitrogen and oxygen atoms in total. The number of rotatable bonds is 10. The molecule has 2 heterocycles. The number of hydrogen-bond donors (Lipinski definition) is 0. The lowest BCUT2D eigenvalue weighted by molar-refractivity contribution is -0.139. The third-order valence-electron chi connectivity index (χ3n) is 6.09. The SMILES string of the molecule is CCOC(=O)C1=C(C)N=c2s/c(=C\c3ccc(OCC(C)C)cc3)c(=O)n2[C@@H]1c1cccc(OC)c1OCC. The molecule has 1 atom stereocenters. The van der Waals surface area contributed by atoms with E-state index in [-0.39, 0.29) is 17.7 Å². The van der Waals surface area contributed by atoms with Gasteiger partial charge in [-0.3, -0.25) is 9.36 Å². The molecule has 0 radical (unpaired) electrons. The third kappa shape index (κ3) is 5.93. The maximum absolute atomic E-state index is 13.9. The Bertz CT molecular complexity index is 1550. The minimum atomic E-state index is -0.800. The van der Waals surface area contributed by atoms with Gasteiger partial charge in [-0.05, 0) is 56.5 Å². The highest BCUT2D eigenvalue weighted by Crippen LogP contribution is 2.40. The Balaban J connectivity index is 1.88. The number of carbonyl (C=O) groups is 1. The Morgan fingerprint density at radius 2 is 1.85 bits per heavy atom. The first-order valence-electron chi connectivity index (χ1n) is 13.0. The number of nitrogens with zero attached hydrogens (tertiary/aromatic N) is 2. The van der Waals surface area contributed by atoms with Crippen LogP contribution in [0, 0.1) is 5.92 Å². The molecule has 2 aromatic carbocycles. The van der Waals surface area contributed by atoms with E-state index in [1.807, 2.05) is 49.4 Å². The standard InChI is InChI=1S/C30H34N2O6S/c1-7-36-27-22(10-9-11-23(27)35-6)26-25(29(34)37-8-2)19(5)31-30-32(26)28(33)24(39-30)16-20-12-14-21(15-13-20)38-17-18(3)4/h9-16,18,26H,7-8,17H2,1-6H3/b24-16-/t26-/m1/s1. The maximum Gasteiger partial charge on any atom is 0.338 e. The van der Waals surface area contributed by atoms with Crippen LogP contribution < -0.4 is 29.1 Å². The zero-order valence-corrected chi connectivity index (χ0v) is 24.0. The van der Waals surface area contributed by atoms with Gasteiger partial charge in [0, 0.05) is 5.56 Å². The van der Waals surface area contributed by atoms with Crippen molar-refractivity contribution in [1.82, 2.24) is 4.57 Å². The van der Waals surface area contributed by atoms with E-state index in [2.05, 4.69) is 18.8 Å². The number of esters is 1. The number of aromatic nitrogens is 1. The van der Waals surface area contributed by atoms with Crippen molar-refractivity contribution < 1.29 is 23.7 Å². The largest absolute Gasteiger partial charge is 0.493 e. The average Bonchev–Trinajstić information content (AvgIpc) is 3.22. The van der Waals surface area contributed by atoms with Crippen LogP contribution in [0.25, 0.3) is 6.08 Å². The van der Waals surface area contributed by atoms with Crippen LogP contribution in [-0.4, -0.2) is 37.5 Å². The van der Waals surface area contributed by atoms with Crippen molar-refractivity contribution in [2.75, 3.05) is 26.9 Å². The van der Waals surface area contributed by atoms with Crippen LogP contribution in [0.1, 0.15) is 51.8 Å². The van der Waals surface area contributed by atoms with Crippen molar-refractivity contribution in [3.05, 3.63) is 84.5 Å². The van der Waals surface area contributed by atoms with Crippen LogP contribution in [0.5, 0.6) is 17.2 Å². The molecule has 0 saturated heterocycles. The fourth-order valence-corrected chi connectivity index (χ4v) is 5.41. The minimum Gasteiger partial charge on any atom is -0.493 e. The summed E-state index contributed by atoms with van der Waals surface area (Å²) in [5.74, 6) is 1.65. The highest BCUT2D eigenvalue weighted by molar-refractivity contribution is 7.07. The fourth-order valence-electron chi connectivity index (χ4n) is 4.37. The molecule has 3 aromatic rings. The van der Waals surface area contributed by atoms with Gasteiger partial charge in [0.2, 0.25) is 0 Å². The molecule has 0 bridgehead atoms. The van der Waals surface area contributed by atoms with Gasteiger partial charge >= 0.3 is 5.97 Å². The number of hydrogen-bond acceptors (Lipinski definition) is 8. The lowest BCUT2D eigenvalue weighted by atomic mass is 9.94. The van der Waals surface area contributed by atoms with E-state index in [1.54, 1.807) is 31.6 Å². The van der Waals surface area contributed by atoms with E-state index in [0.717, 1.165) is 11.3 Å². The molecule has 0 aliphatic carbocycles. The van der Waals surface area contributed by atoms with Crippen molar-refractivity contribution in [3.63, 3.8) is 0 Å². The summed E-state index contributed by atoms with van der Waals surface area (Å²) < 4.78 is 24.8. The second-order valence-corrected chi connectivity index (χ2v) is 10.4. The Labute approximate surface area is 231 Å². The number of ether oxygens (including phenoxy) is 4. The summed E-state index contributed by atoms with van der Waals surface area (Å²) in [5.41, 5.74) is 1.99. The summed E-state index contributed by atoms with van der Waals surface area (Å²) in [6.07, 6.45) is 1.82. The number of para-hydroxylation sites is 1. The molecule has 1 aromatic heterocycles. The number of fused-ring (bicyclic) bond motifs is 1. The molecule has 0 fully saturated rings. The lowest BCUT2D eigenvalue weighted by Gasteiger charge is -2.26. The van der Waals surface area contributed by atoms with E-state index in [9.17, 15) is 9.59 Å². The van der Waals surface area contributed by atoms with Gasteiger partial charge in [0.1, 0.15) is 11.8 Å². The topological polar surface area (TPSA) is 88.4 Å². The van der Waals surface area contributed by atoms with Crippen molar-refractivity contribution >= 4 is 23.4 Å². The van der Waals surface area contributed by atoms with E-state index >= 15 is 0 Å². The molecule has 0 spiro atoms. The molecular weight excluding hydrogens is 516 g/mol. The Kier molecular flexibility index (Phi) is 8.91. The van der Waals surface area contributed by atoms with Gasteiger partial charge in [-0.25, -0.2) is 9.79 Å². The van der Waals surface area contributed by atoms with Gasteiger partial charge in [0.05, 0.1) is 42.7 Å². The molecule has 0 amide bonds. The first kappa shape index (κ1) is 28.2. The van der Waals surface area contributed by atoms with E-state index in [4.69, 9.17) is 18.9 Å². The molecule has 1 aliphatic heterocycles. The first-order chi connectivity index (χ1) is 18.8. The summed E-state index contributed by atoms with van der Waals surface area (Å²) in [6.45, 7) is 10.8. The van der Waals surface area contributed by atoms with E-state index in [0.29, 0.717) is 51.2 Å². The second-order valence-electron chi connectivity index (χ2n) is 9.39. The predicted octanol–water partition coefficient (Wildman–Crippen LogP) is 4.24. The van der Waals surface area contributed by atoms with Gasteiger partial charge in [-0.2, -0.15) is 0 Å². The molecule has 0 N–H and O–H groups in total. The quantitative estimate of drug-likeness (QED) is 0.351. The van der Waals surface area contributed by atoms with Crippen LogP contribution in [0.2, 0.25) is 0 Å². The molecule has 0 saturated carbocycles. The molecular formula is C30H34N2O6S. The summed E-state index contributed by atoms with van der Waals surface area (Å²) in [6, 6.07) is 12.2. The van der Waals surface area contributed by atoms with Crippen LogP contribution in [0.3, 0.4) is 0 Å². The Morgan fingerprint density at radius 3 is 2.49 bits per heavy atom. The molecule has 0 unspecified atom stereocenters. The monoisotopic (exact) mass is 550 g/mol. The number of allylic oxidation sites excluding steroid dienone is 1. The van der Waals surface area contributed by atoms with Gasteiger partial charge in [-0.15, -0.1) is 0 Å². The average molecular weight is 551 g/mol. The predicted molar refractivity (Wildman–Crippen MR) is 151 cm³/mol. The molecule has 206 valence electrons. The highest BCUT2D eigenvalue weighted by Gasteiger charge is 2.35. The van der Waals surface area contributed by atoms with Crippen LogP contribution in [0.4, 0.5) is 0 Å². The summed E-state index contributed by atoms with van der Waals surface area (Å²) in [4.78, 5) is 32.3. The van der Waals surface area contributed by atoms with Gasteiger partial charge < -0.3 is 18.9 Å². The Morgan fingerprint density at radius 1 is 1.10 bits per heavy atom. The maximum atomic E-state index is 13.9. The van der Waals surface area contributed by atoms with Crippen molar-refractivity contribution in [3.8, 4) is 17.2 Å². The van der Waals surface area contributed by atoms with E-state index in [1.165, 1.54) is 11.3 Å². The molecule has 9 heteroatoms. The van der Waals surface area contributed by atoms with Gasteiger partial charge in [0.15, 0.2) is 16.3 Å². The molecule has 39 heavy (non-hydrogen) atoms. The summed E-state index contributed by atoms with van der Waals surface area (Å²) in [7, 11) is 1.56. The lowest BCUT2D eigenvalue weighted by Crippen LogP contribution is -2.40. The third-order valence-corrected chi connectivity index (χ3v) is 7.07. The number of carbonyl (C=O) groups excluding carboxylic acids is 1. The van der Waals surface area contributed by atoms with Crippen molar-refractivity contribution in [1.29, 1.82) is 0 Å². The second kappa shape index (κ2) is 12.3. The summed E-state index contributed by atoms with van der Waals surface area (Å²) in [5, 5.41) is 0. The van der Waals surface area contributed by atoms with Crippen LogP contribution in [0.15, 0.2) is 63.5 Å².